The van der Waals surface area contributed by atoms with E-state index in [1.165, 1.54) is 4.90 Å². The first kappa shape index (κ1) is 20.6. The fourth-order valence-corrected chi connectivity index (χ4v) is 3.43. The Morgan fingerprint density at radius 2 is 2.00 bits per heavy atom. The van der Waals surface area contributed by atoms with E-state index >= 15 is 0 Å². The van der Waals surface area contributed by atoms with Crippen molar-refractivity contribution in [1.82, 2.24) is 9.88 Å². The fourth-order valence-electron chi connectivity index (χ4n) is 3.43. The molecule has 1 N–H and O–H groups in total. The zero-order chi connectivity index (χ0) is 21.0. The summed E-state index contributed by atoms with van der Waals surface area (Å²) < 4.78 is 5.69. The Balaban J connectivity index is 2.11. The lowest BCUT2D eigenvalue weighted by atomic mass is 9.98. The van der Waals surface area contributed by atoms with Gasteiger partial charge in [0, 0.05) is 18.3 Å². The number of likely N-dealkylation sites (tertiary alicyclic amines) is 1. The number of hydrogen-bond acceptors (Lipinski definition) is 5. The van der Waals surface area contributed by atoms with Gasteiger partial charge < -0.3 is 14.7 Å². The summed E-state index contributed by atoms with van der Waals surface area (Å²) in [6, 6.07) is 11.5. The molecular formula is C23H26N2O4. The number of pyridine rings is 1. The number of nitrogens with zero attached hydrogens (tertiary/aromatic N) is 2. The molecule has 0 radical (unpaired) electrons. The molecule has 1 aromatic carbocycles. The van der Waals surface area contributed by atoms with Crippen molar-refractivity contribution >= 4 is 17.4 Å². The number of rotatable bonds is 7. The molecule has 1 aromatic heterocycles. The van der Waals surface area contributed by atoms with Gasteiger partial charge in [0.05, 0.1) is 17.4 Å². The first-order valence-electron chi connectivity index (χ1n) is 9.90. The maximum Gasteiger partial charge on any atom is 0.295 e. The molecule has 1 fully saturated rings. The number of amides is 1. The third kappa shape index (κ3) is 4.31. The van der Waals surface area contributed by atoms with E-state index in [4.69, 9.17) is 4.74 Å². The highest BCUT2D eigenvalue weighted by molar-refractivity contribution is 6.46. The number of Topliss-reactive ketones (excluding diaryl/α,β-unsaturated/α-hetero) is 1. The minimum atomic E-state index is -0.711. The van der Waals surface area contributed by atoms with Gasteiger partial charge >= 0.3 is 0 Å². The maximum atomic E-state index is 12.9. The molecule has 3 rings (SSSR count). The highest BCUT2D eigenvalue weighted by Crippen LogP contribution is 2.39. The lowest BCUT2D eigenvalue weighted by Gasteiger charge is -2.24. The first-order valence-corrected chi connectivity index (χ1v) is 9.90. The molecule has 2 aromatic rings. The van der Waals surface area contributed by atoms with E-state index in [1.54, 1.807) is 48.7 Å². The van der Waals surface area contributed by atoms with Crippen LogP contribution in [0.15, 0.2) is 54.2 Å². The van der Waals surface area contributed by atoms with Crippen LogP contribution >= 0.6 is 0 Å². The predicted molar refractivity (Wildman–Crippen MR) is 110 cm³/mol. The number of hydrogen-bond donors (Lipinski definition) is 1. The maximum absolute atomic E-state index is 12.9. The number of aromatic nitrogens is 1. The Morgan fingerprint density at radius 1 is 1.21 bits per heavy atom. The molecule has 0 bridgehead atoms. The highest BCUT2D eigenvalue weighted by atomic mass is 16.5. The molecule has 29 heavy (non-hydrogen) atoms. The van der Waals surface area contributed by atoms with Crippen molar-refractivity contribution in [2.45, 2.75) is 45.8 Å². The van der Waals surface area contributed by atoms with Crippen LogP contribution in [0.2, 0.25) is 0 Å². The van der Waals surface area contributed by atoms with Crippen LogP contribution in [0.4, 0.5) is 0 Å². The number of aliphatic hydroxyl groups is 1. The zero-order valence-electron chi connectivity index (χ0n) is 17.0. The summed E-state index contributed by atoms with van der Waals surface area (Å²) in [5.41, 5.74) is 1.04. The van der Waals surface area contributed by atoms with Gasteiger partial charge in [-0.1, -0.05) is 31.5 Å². The second-order valence-electron chi connectivity index (χ2n) is 7.30. The SMILES string of the molecule is CCCCN1C(=O)C(=O)/C(=C(\O)c2cccc(OC(C)C)c2)C1c1ccccn1. The Morgan fingerprint density at radius 3 is 2.66 bits per heavy atom. The van der Waals surface area contributed by atoms with Gasteiger partial charge in [0.25, 0.3) is 11.7 Å². The lowest BCUT2D eigenvalue weighted by Crippen LogP contribution is -2.31. The molecule has 1 aliphatic rings. The number of carbonyl (C=O) groups excluding carboxylic acids is 2. The van der Waals surface area contributed by atoms with Crippen LogP contribution in [0.3, 0.4) is 0 Å². The Kier molecular flexibility index (Phi) is 6.32. The summed E-state index contributed by atoms with van der Waals surface area (Å²) in [6.45, 7) is 6.27. The molecule has 1 saturated heterocycles. The van der Waals surface area contributed by atoms with Crippen molar-refractivity contribution in [3.63, 3.8) is 0 Å². The lowest BCUT2D eigenvalue weighted by molar-refractivity contribution is -0.140. The fraction of sp³-hybridized carbons (Fsp3) is 0.348. The van der Waals surface area contributed by atoms with Gasteiger partial charge in [-0.2, -0.15) is 0 Å². The standard InChI is InChI=1S/C23H26N2O4/c1-4-5-13-25-20(18-11-6-7-12-24-18)19(22(27)23(25)28)21(26)16-9-8-10-17(14-16)29-15(2)3/h6-12,14-15,20,26H,4-5,13H2,1-3H3/b21-19-. The Hall–Kier alpha value is -3.15. The van der Waals surface area contributed by atoms with Crippen molar-refractivity contribution in [3.8, 4) is 5.75 Å². The number of aliphatic hydroxyl groups excluding tert-OH is 1. The molecule has 1 amide bonds. The molecule has 0 saturated carbocycles. The van der Waals surface area contributed by atoms with E-state index < -0.39 is 17.7 Å². The third-order valence-electron chi connectivity index (χ3n) is 4.74. The van der Waals surface area contributed by atoms with Gasteiger partial charge in [0.2, 0.25) is 0 Å². The summed E-state index contributed by atoms with van der Waals surface area (Å²) in [5, 5.41) is 11.0. The summed E-state index contributed by atoms with van der Waals surface area (Å²) >= 11 is 0. The molecule has 2 heterocycles. The zero-order valence-corrected chi connectivity index (χ0v) is 17.0. The monoisotopic (exact) mass is 394 g/mol. The van der Waals surface area contributed by atoms with Crippen LogP contribution in [0.5, 0.6) is 5.75 Å². The predicted octanol–water partition coefficient (Wildman–Crippen LogP) is 4.09. The topological polar surface area (TPSA) is 79.7 Å². The Labute approximate surface area is 170 Å². The molecule has 6 heteroatoms. The van der Waals surface area contributed by atoms with Gasteiger partial charge in [-0.05, 0) is 44.5 Å². The van der Waals surface area contributed by atoms with Gasteiger partial charge in [-0.15, -0.1) is 0 Å². The second kappa shape index (κ2) is 8.90. The van der Waals surface area contributed by atoms with E-state index in [-0.39, 0.29) is 17.4 Å². The molecular weight excluding hydrogens is 368 g/mol. The quantitative estimate of drug-likeness (QED) is 0.435. The largest absolute Gasteiger partial charge is 0.507 e. The van der Waals surface area contributed by atoms with Gasteiger partial charge in [-0.3, -0.25) is 14.6 Å². The van der Waals surface area contributed by atoms with Crippen molar-refractivity contribution in [1.29, 1.82) is 0 Å². The first-order chi connectivity index (χ1) is 13.9. The summed E-state index contributed by atoms with van der Waals surface area (Å²) in [5.74, 6) is -0.930. The van der Waals surface area contributed by atoms with Crippen LogP contribution in [0.25, 0.3) is 5.76 Å². The van der Waals surface area contributed by atoms with Crippen molar-refractivity contribution in [2.75, 3.05) is 6.54 Å². The second-order valence-corrected chi connectivity index (χ2v) is 7.30. The smallest absolute Gasteiger partial charge is 0.295 e. The molecule has 0 aliphatic carbocycles. The summed E-state index contributed by atoms with van der Waals surface area (Å²) in [6.07, 6.45) is 3.23. The van der Waals surface area contributed by atoms with E-state index in [0.717, 1.165) is 12.8 Å². The number of ether oxygens (including phenoxy) is 1. The van der Waals surface area contributed by atoms with Crippen molar-refractivity contribution < 1.29 is 19.4 Å². The number of carbonyl (C=O) groups is 2. The number of ketones is 1. The van der Waals surface area contributed by atoms with E-state index in [2.05, 4.69) is 4.98 Å². The summed E-state index contributed by atoms with van der Waals surface area (Å²) in [4.78, 5) is 31.5. The molecule has 1 atom stereocenters. The van der Waals surface area contributed by atoms with E-state index in [9.17, 15) is 14.7 Å². The van der Waals surface area contributed by atoms with Crippen LogP contribution in [-0.4, -0.2) is 39.3 Å². The Bertz CT molecular complexity index is 921. The normalized spacial score (nSPS) is 18.5. The minimum Gasteiger partial charge on any atom is -0.507 e. The van der Waals surface area contributed by atoms with Crippen molar-refractivity contribution in [2.24, 2.45) is 0 Å². The van der Waals surface area contributed by atoms with Crippen LogP contribution in [0.1, 0.15) is 50.9 Å². The van der Waals surface area contributed by atoms with Crippen LogP contribution in [-0.2, 0) is 9.59 Å². The summed E-state index contributed by atoms with van der Waals surface area (Å²) in [7, 11) is 0. The van der Waals surface area contributed by atoms with E-state index in [0.29, 0.717) is 23.6 Å². The number of benzene rings is 1. The molecule has 152 valence electrons. The molecule has 1 aliphatic heterocycles. The van der Waals surface area contributed by atoms with Gasteiger partial charge in [0.1, 0.15) is 17.6 Å². The van der Waals surface area contributed by atoms with Crippen LogP contribution in [0, 0.1) is 0 Å². The van der Waals surface area contributed by atoms with E-state index in [1.807, 2.05) is 20.8 Å². The van der Waals surface area contributed by atoms with Crippen LogP contribution < -0.4 is 4.74 Å². The molecule has 0 spiro atoms. The van der Waals surface area contributed by atoms with Gasteiger partial charge in [0.15, 0.2) is 0 Å². The average Bonchev–Trinajstić information content (AvgIpc) is 2.96. The van der Waals surface area contributed by atoms with Crippen molar-refractivity contribution in [3.05, 3.63) is 65.5 Å². The molecule has 6 nitrogen and oxygen atoms in total. The highest BCUT2D eigenvalue weighted by Gasteiger charge is 2.46. The average molecular weight is 394 g/mol. The third-order valence-corrected chi connectivity index (χ3v) is 4.74. The molecule has 1 unspecified atom stereocenters. The van der Waals surface area contributed by atoms with Gasteiger partial charge in [-0.25, -0.2) is 0 Å². The minimum absolute atomic E-state index is 0.0273. The number of unbranched alkanes of at least 4 members (excludes halogenated alkanes) is 1.